The number of hydrogen-bond donors (Lipinski definition) is 2. The lowest BCUT2D eigenvalue weighted by Crippen LogP contribution is -2.36. The molecule has 0 saturated heterocycles. The van der Waals surface area contributed by atoms with Gasteiger partial charge < -0.3 is 10.4 Å². The Morgan fingerprint density at radius 3 is 2.81 bits per heavy atom. The lowest BCUT2D eigenvalue weighted by Gasteiger charge is -2.29. The van der Waals surface area contributed by atoms with Gasteiger partial charge in [0.15, 0.2) is 0 Å². The maximum atomic E-state index is 9.89. The SMILES string of the molecule is Cc1ccc(Cl)cc1NC1CCCCC1O. The fourth-order valence-electron chi connectivity index (χ4n) is 2.23. The van der Waals surface area contributed by atoms with Gasteiger partial charge in [-0.05, 0) is 37.5 Å². The van der Waals surface area contributed by atoms with Gasteiger partial charge in [-0.1, -0.05) is 30.5 Å². The van der Waals surface area contributed by atoms with Crippen LogP contribution >= 0.6 is 11.6 Å². The van der Waals surface area contributed by atoms with Crippen molar-refractivity contribution in [3.63, 3.8) is 0 Å². The number of aliphatic hydroxyl groups is 1. The molecule has 1 aliphatic carbocycles. The predicted molar refractivity (Wildman–Crippen MR) is 68.1 cm³/mol. The number of nitrogens with one attached hydrogen (secondary N) is 1. The van der Waals surface area contributed by atoms with E-state index >= 15 is 0 Å². The van der Waals surface area contributed by atoms with Crippen molar-refractivity contribution >= 4 is 17.3 Å². The summed E-state index contributed by atoms with van der Waals surface area (Å²) < 4.78 is 0. The highest BCUT2D eigenvalue weighted by molar-refractivity contribution is 6.30. The van der Waals surface area contributed by atoms with Crippen LogP contribution in [0.5, 0.6) is 0 Å². The number of anilines is 1. The molecule has 2 nitrogen and oxygen atoms in total. The maximum Gasteiger partial charge on any atom is 0.0741 e. The van der Waals surface area contributed by atoms with E-state index in [4.69, 9.17) is 11.6 Å². The first-order chi connectivity index (χ1) is 7.66. The molecule has 0 spiro atoms. The Bertz CT molecular complexity index is 367. The quantitative estimate of drug-likeness (QED) is 0.830. The van der Waals surface area contributed by atoms with Gasteiger partial charge >= 0.3 is 0 Å². The second kappa shape index (κ2) is 5.07. The number of benzene rings is 1. The van der Waals surface area contributed by atoms with E-state index in [-0.39, 0.29) is 12.1 Å². The van der Waals surface area contributed by atoms with Crippen LogP contribution in [-0.2, 0) is 0 Å². The minimum atomic E-state index is -0.230. The number of hydrogen-bond acceptors (Lipinski definition) is 2. The van der Waals surface area contributed by atoms with Crippen molar-refractivity contribution < 1.29 is 5.11 Å². The summed E-state index contributed by atoms with van der Waals surface area (Å²) in [6.07, 6.45) is 4.03. The van der Waals surface area contributed by atoms with Gasteiger partial charge in [-0.25, -0.2) is 0 Å². The molecule has 0 amide bonds. The summed E-state index contributed by atoms with van der Waals surface area (Å²) in [4.78, 5) is 0. The van der Waals surface area contributed by atoms with Gasteiger partial charge in [0, 0.05) is 10.7 Å². The molecule has 16 heavy (non-hydrogen) atoms. The third-order valence-electron chi connectivity index (χ3n) is 3.27. The topological polar surface area (TPSA) is 32.3 Å². The Morgan fingerprint density at radius 1 is 1.31 bits per heavy atom. The standard InChI is InChI=1S/C13H18ClNO/c1-9-6-7-10(14)8-12(9)15-11-4-2-3-5-13(11)16/h6-8,11,13,15-16H,2-5H2,1H3. The van der Waals surface area contributed by atoms with Crippen LogP contribution in [0.3, 0.4) is 0 Å². The fraction of sp³-hybridized carbons (Fsp3) is 0.538. The highest BCUT2D eigenvalue weighted by atomic mass is 35.5. The minimum Gasteiger partial charge on any atom is -0.391 e. The first-order valence-corrected chi connectivity index (χ1v) is 6.25. The highest BCUT2D eigenvalue weighted by Crippen LogP contribution is 2.26. The third-order valence-corrected chi connectivity index (χ3v) is 3.51. The first-order valence-electron chi connectivity index (χ1n) is 5.87. The summed E-state index contributed by atoms with van der Waals surface area (Å²) in [6, 6.07) is 5.99. The summed E-state index contributed by atoms with van der Waals surface area (Å²) in [5, 5.41) is 14.0. The van der Waals surface area contributed by atoms with Crippen LogP contribution < -0.4 is 5.32 Å². The largest absolute Gasteiger partial charge is 0.391 e. The monoisotopic (exact) mass is 239 g/mol. The Morgan fingerprint density at radius 2 is 2.06 bits per heavy atom. The molecule has 2 unspecified atom stereocenters. The van der Waals surface area contributed by atoms with E-state index in [0.29, 0.717) is 0 Å². The second-order valence-corrected chi connectivity index (χ2v) is 5.00. The fourth-order valence-corrected chi connectivity index (χ4v) is 2.40. The Hall–Kier alpha value is -0.730. The van der Waals surface area contributed by atoms with Crippen LogP contribution in [0.2, 0.25) is 5.02 Å². The van der Waals surface area contributed by atoms with Gasteiger partial charge in [-0.15, -0.1) is 0 Å². The number of aryl methyl sites for hydroxylation is 1. The molecule has 0 heterocycles. The minimum absolute atomic E-state index is 0.172. The van der Waals surface area contributed by atoms with E-state index in [1.54, 1.807) is 0 Å². The summed E-state index contributed by atoms with van der Waals surface area (Å²) in [6.45, 7) is 2.05. The highest BCUT2D eigenvalue weighted by Gasteiger charge is 2.22. The molecular formula is C13H18ClNO. The van der Waals surface area contributed by atoms with Crippen LogP contribution in [0.1, 0.15) is 31.2 Å². The molecule has 1 saturated carbocycles. The normalized spacial score (nSPS) is 25.4. The van der Waals surface area contributed by atoms with Crippen molar-refractivity contribution in [3.05, 3.63) is 28.8 Å². The molecule has 1 aliphatic rings. The van der Waals surface area contributed by atoms with Crippen molar-refractivity contribution in [2.45, 2.75) is 44.8 Å². The van der Waals surface area contributed by atoms with Gasteiger partial charge in [0.05, 0.1) is 12.1 Å². The summed E-state index contributed by atoms with van der Waals surface area (Å²) in [5.41, 5.74) is 2.21. The van der Waals surface area contributed by atoms with Crippen LogP contribution in [0.4, 0.5) is 5.69 Å². The number of aliphatic hydroxyl groups excluding tert-OH is 1. The molecule has 1 fully saturated rings. The van der Waals surface area contributed by atoms with E-state index in [0.717, 1.165) is 30.0 Å². The smallest absolute Gasteiger partial charge is 0.0741 e. The molecule has 2 atom stereocenters. The average Bonchev–Trinajstić information content (AvgIpc) is 2.27. The van der Waals surface area contributed by atoms with E-state index in [1.165, 1.54) is 12.0 Å². The summed E-state index contributed by atoms with van der Waals surface area (Å²) in [7, 11) is 0. The molecule has 88 valence electrons. The van der Waals surface area contributed by atoms with Gasteiger partial charge in [0.1, 0.15) is 0 Å². The molecule has 0 radical (unpaired) electrons. The molecular weight excluding hydrogens is 222 g/mol. The molecule has 3 heteroatoms. The van der Waals surface area contributed by atoms with Crippen molar-refractivity contribution in [1.82, 2.24) is 0 Å². The molecule has 0 aliphatic heterocycles. The lowest BCUT2D eigenvalue weighted by molar-refractivity contribution is 0.116. The van der Waals surface area contributed by atoms with E-state index in [1.807, 2.05) is 25.1 Å². The van der Waals surface area contributed by atoms with E-state index in [2.05, 4.69) is 5.32 Å². The van der Waals surface area contributed by atoms with Gasteiger partial charge in [-0.2, -0.15) is 0 Å². The second-order valence-electron chi connectivity index (χ2n) is 4.56. The molecule has 1 aromatic carbocycles. The van der Waals surface area contributed by atoms with E-state index in [9.17, 15) is 5.11 Å². The lowest BCUT2D eigenvalue weighted by atomic mass is 9.92. The van der Waals surface area contributed by atoms with Crippen molar-refractivity contribution in [3.8, 4) is 0 Å². The third kappa shape index (κ3) is 2.69. The van der Waals surface area contributed by atoms with Crippen LogP contribution in [0, 0.1) is 6.92 Å². The zero-order valence-corrected chi connectivity index (χ0v) is 10.3. The zero-order chi connectivity index (χ0) is 11.5. The Balaban J connectivity index is 2.10. The van der Waals surface area contributed by atoms with Crippen molar-refractivity contribution in [2.75, 3.05) is 5.32 Å². The molecule has 1 aromatic rings. The Labute approximate surface area is 102 Å². The predicted octanol–water partition coefficient (Wildman–Crippen LogP) is 3.36. The average molecular weight is 240 g/mol. The van der Waals surface area contributed by atoms with Crippen molar-refractivity contribution in [1.29, 1.82) is 0 Å². The number of rotatable bonds is 2. The summed E-state index contributed by atoms with van der Waals surface area (Å²) >= 11 is 5.97. The molecule has 2 rings (SSSR count). The molecule has 0 bridgehead atoms. The van der Waals surface area contributed by atoms with Crippen LogP contribution in [0.15, 0.2) is 18.2 Å². The zero-order valence-electron chi connectivity index (χ0n) is 9.54. The van der Waals surface area contributed by atoms with Crippen LogP contribution in [0.25, 0.3) is 0 Å². The maximum absolute atomic E-state index is 9.89. The first kappa shape index (κ1) is 11.7. The Kier molecular flexibility index (Phi) is 3.72. The van der Waals surface area contributed by atoms with Gasteiger partial charge in [0.25, 0.3) is 0 Å². The van der Waals surface area contributed by atoms with Crippen LogP contribution in [-0.4, -0.2) is 17.3 Å². The molecule has 2 N–H and O–H groups in total. The number of halogens is 1. The summed E-state index contributed by atoms with van der Waals surface area (Å²) in [5.74, 6) is 0. The molecule has 0 aromatic heterocycles. The van der Waals surface area contributed by atoms with Crippen molar-refractivity contribution in [2.24, 2.45) is 0 Å². The van der Waals surface area contributed by atoms with Gasteiger partial charge in [-0.3, -0.25) is 0 Å². The van der Waals surface area contributed by atoms with Gasteiger partial charge in [0.2, 0.25) is 0 Å². The van der Waals surface area contributed by atoms with E-state index < -0.39 is 0 Å².